The number of pyridine rings is 1. The zero-order valence-corrected chi connectivity index (χ0v) is 8.56. The van der Waals surface area contributed by atoms with Gasteiger partial charge in [0, 0.05) is 6.20 Å². The Kier molecular flexibility index (Phi) is 2.50. The predicted octanol–water partition coefficient (Wildman–Crippen LogP) is 0.343. The van der Waals surface area contributed by atoms with Crippen LogP contribution in [0.25, 0.3) is 0 Å². The normalized spacial score (nSPS) is 10.1. The third-order valence-corrected chi connectivity index (χ3v) is 1.97. The van der Waals surface area contributed by atoms with E-state index in [1.165, 1.54) is 0 Å². The van der Waals surface area contributed by atoms with Gasteiger partial charge in [-0.1, -0.05) is 0 Å². The van der Waals surface area contributed by atoms with Crippen LogP contribution in [0.2, 0.25) is 0 Å². The summed E-state index contributed by atoms with van der Waals surface area (Å²) < 4.78 is 0. The van der Waals surface area contributed by atoms with E-state index in [-0.39, 0.29) is 11.8 Å². The third kappa shape index (κ3) is 1.97. The number of hydrogen-bond donors (Lipinski definition) is 3. The number of rotatable bonds is 2. The minimum absolute atomic E-state index is 0.0352. The lowest BCUT2D eigenvalue weighted by molar-refractivity contribution is 0.101. The van der Waals surface area contributed by atoms with Crippen LogP contribution in [0.1, 0.15) is 16.3 Å². The topological polar surface area (TPSA) is 110 Å². The Morgan fingerprint density at radius 1 is 1.56 bits per heavy atom. The van der Waals surface area contributed by atoms with Crippen LogP contribution < -0.4 is 11.1 Å². The summed E-state index contributed by atoms with van der Waals surface area (Å²) in [5.74, 6) is -0.297. The maximum Gasteiger partial charge on any atom is 0.293 e. The van der Waals surface area contributed by atoms with E-state index in [0.717, 1.165) is 5.69 Å². The Morgan fingerprint density at radius 3 is 3.00 bits per heavy atom. The van der Waals surface area contributed by atoms with Crippen molar-refractivity contribution < 1.29 is 4.79 Å². The lowest BCUT2D eigenvalue weighted by Gasteiger charge is -2.04. The zero-order chi connectivity index (χ0) is 11.5. The Bertz CT molecular complexity index is 520. The molecule has 0 aliphatic rings. The van der Waals surface area contributed by atoms with Crippen molar-refractivity contribution in [1.29, 1.82) is 0 Å². The molecule has 4 N–H and O–H groups in total. The highest BCUT2D eigenvalue weighted by Crippen LogP contribution is 2.11. The maximum absolute atomic E-state index is 11.7. The summed E-state index contributed by atoms with van der Waals surface area (Å²) in [6.45, 7) is 1.80. The first-order valence-electron chi connectivity index (χ1n) is 4.57. The lowest BCUT2D eigenvalue weighted by atomic mass is 10.3. The number of H-pyrrole nitrogens is 1. The predicted molar refractivity (Wildman–Crippen MR) is 57.7 cm³/mol. The van der Waals surface area contributed by atoms with Crippen molar-refractivity contribution in [2.24, 2.45) is 0 Å². The SMILES string of the molecule is Cc1ncccc1NC(=O)c1nc(N)n[nH]1. The summed E-state index contributed by atoms with van der Waals surface area (Å²) in [7, 11) is 0. The second kappa shape index (κ2) is 3.97. The molecule has 2 aromatic heterocycles. The summed E-state index contributed by atoms with van der Waals surface area (Å²) in [5.41, 5.74) is 6.65. The number of hydrogen-bond acceptors (Lipinski definition) is 5. The van der Waals surface area contributed by atoms with Crippen molar-refractivity contribution in [1.82, 2.24) is 20.2 Å². The molecule has 0 radical (unpaired) electrons. The van der Waals surface area contributed by atoms with Gasteiger partial charge in [0.05, 0.1) is 11.4 Å². The summed E-state index contributed by atoms with van der Waals surface area (Å²) >= 11 is 0. The van der Waals surface area contributed by atoms with Crippen molar-refractivity contribution in [3.8, 4) is 0 Å². The Balaban J connectivity index is 2.17. The summed E-state index contributed by atoms with van der Waals surface area (Å²) in [6, 6.07) is 3.48. The molecule has 0 unspecified atom stereocenters. The van der Waals surface area contributed by atoms with Gasteiger partial charge in [0.2, 0.25) is 11.8 Å². The second-order valence-electron chi connectivity index (χ2n) is 3.13. The quantitative estimate of drug-likeness (QED) is 0.673. The van der Waals surface area contributed by atoms with Crippen molar-refractivity contribution in [2.45, 2.75) is 6.92 Å². The minimum Gasteiger partial charge on any atom is -0.366 e. The number of carbonyl (C=O) groups is 1. The van der Waals surface area contributed by atoms with E-state index in [4.69, 9.17) is 5.73 Å². The number of nitrogen functional groups attached to an aromatic ring is 1. The fourth-order valence-electron chi connectivity index (χ4n) is 1.17. The first-order valence-corrected chi connectivity index (χ1v) is 4.57. The fourth-order valence-corrected chi connectivity index (χ4v) is 1.17. The van der Waals surface area contributed by atoms with Crippen LogP contribution in [0.4, 0.5) is 11.6 Å². The second-order valence-corrected chi connectivity index (χ2v) is 3.13. The van der Waals surface area contributed by atoms with Gasteiger partial charge in [0.25, 0.3) is 5.91 Å². The third-order valence-electron chi connectivity index (χ3n) is 1.97. The van der Waals surface area contributed by atoms with E-state index in [9.17, 15) is 4.79 Å². The number of aryl methyl sites for hydroxylation is 1. The molecule has 2 heterocycles. The van der Waals surface area contributed by atoms with Crippen molar-refractivity contribution in [3.05, 3.63) is 29.8 Å². The monoisotopic (exact) mass is 218 g/mol. The fraction of sp³-hybridized carbons (Fsp3) is 0.111. The highest BCUT2D eigenvalue weighted by Gasteiger charge is 2.11. The number of nitrogens with one attached hydrogen (secondary N) is 2. The van der Waals surface area contributed by atoms with Gasteiger partial charge < -0.3 is 11.1 Å². The van der Waals surface area contributed by atoms with Crippen LogP contribution in [0.3, 0.4) is 0 Å². The van der Waals surface area contributed by atoms with E-state index in [2.05, 4.69) is 25.5 Å². The molecule has 0 atom stereocenters. The minimum atomic E-state index is -0.402. The summed E-state index contributed by atoms with van der Waals surface area (Å²) in [6.07, 6.45) is 1.65. The molecular formula is C9H10N6O. The molecule has 0 bridgehead atoms. The molecule has 0 spiro atoms. The number of nitrogens with two attached hydrogens (primary N) is 1. The van der Waals surface area contributed by atoms with Crippen molar-refractivity contribution >= 4 is 17.5 Å². The van der Waals surface area contributed by atoms with Crippen LogP contribution in [0, 0.1) is 6.92 Å². The van der Waals surface area contributed by atoms with Gasteiger partial charge in [0.1, 0.15) is 0 Å². The molecule has 1 amide bonds. The van der Waals surface area contributed by atoms with Crippen LogP contribution >= 0.6 is 0 Å². The lowest BCUT2D eigenvalue weighted by Crippen LogP contribution is -2.14. The van der Waals surface area contributed by atoms with E-state index < -0.39 is 5.91 Å². The van der Waals surface area contributed by atoms with E-state index in [1.54, 1.807) is 25.3 Å². The number of aromatic amines is 1. The highest BCUT2D eigenvalue weighted by atomic mass is 16.2. The summed E-state index contributed by atoms with van der Waals surface area (Å²) in [5, 5.41) is 8.64. The van der Waals surface area contributed by atoms with Crippen molar-refractivity contribution in [2.75, 3.05) is 11.1 Å². The van der Waals surface area contributed by atoms with Crippen LogP contribution in [-0.2, 0) is 0 Å². The van der Waals surface area contributed by atoms with Gasteiger partial charge in [0.15, 0.2) is 0 Å². The van der Waals surface area contributed by atoms with Gasteiger partial charge in [-0.25, -0.2) is 0 Å². The van der Waals surface area contributed by atoms with Gasteiger partial charge >= 0.3 is 0 Å². The van der Waals surface area contributed by atoms with E-state index >= 15 is 0 Å². The number of aromatic nitrogens is 4. The molecule has 0 aliphatic heterocycles. The molecule has 2 rings (SSSR count). The van der Waals surface area contributed by atoms with Gasteiger partial charge in [-0.2, -0.15) is 4.98 Å². The first-order chi connectivity index (χ1) is 7.66. The average Bonchev–Trinajstić information content (AvgIpc) is 2.68. The Morgan fingerprint density at radius 2 is 2.38 bits per heavy atom. The van der Waals surface area contributed by atoms with E-state index in [1.807, 2.05) is 0 Å². The number of amides is 1. The van der Waals surface area contributed by atoms with Crippen molar-refractivity contribution in [3.63, 3.8) is 0 Å². The number of anilines is 2. The Hall–Kier alpha value is -2.44. The largest absolute Gasteiger partial charge is 0.366 e. The van der Waals surface area contributed by atoms with Crippen LogP contribution in [-0.4, -0.2) is 26.1 Å². The molecule has 82 valence electrons. The standard InChI is InChI=1S/C9H10N6O/c1-5-6(3-2-4-11-5)12-8(16)7-13-9(10)15-14-7/h2-4H,1H3,(H,12,16)(H3,10,13,14,15). The molecule has 0 aromatic carbocycles. The van der Waals surface area contributed by atoms with Gasteiger partial charge in [-0.05, 0) is 19.1 Å². The first kappa shape index (κ1) is 10.1. The van der Waals surface area contributed by atoms with Crippen LogP contribution in [0.15, 0.2) is 18.3 Å². The molecular weight excluding hydrogens is 208 g/mol. The number of carbonyl (C=O) groups excluding carboxylic acids is 1. The van der Waals surface area contributed by atoms with E-state index in [0.29, 0.717) is 5.69 Å². The number of nitrogens with zero attached hydrogens (tertiary/aromatic N) is 3. The van der Waals surface area contributed by atoms with Gasteiger partial charge in [-0.15, -0.1) is 5.10 Å². The molecule has 16 heavy (non-hydrogen) atoms. The average molecular weight is 218 g/mol. The Labute approximate surface area is 91.1 Å². The molecule has 2 aromatic rings. The molecule has 7 nitrogen and oxygen atoms in total. The molecule has 7 heteroatoms. The highest BCUT2D eigenvalue weighted by molar-refractivity contribution is 6.01. The zero-order valence-electron chi connectivity index (χ0n) is 8.56. The molecule has 0 fully saturated rings. The van der Waals surface area contributed by atoms with Crippen LogP contribution in [0.5, 0.6) is 0 Å². The molecule has 0 saturated carbocycles. The molecule has 0 saturated heterocycles. The van der Waals surface area contributed by atoms with Gasteiger partial charge in [-0.3, -0.25) is 14.9 Å². The smallest absolute Gasteiger partial charge is 0.293 e. The molecule has 0 aliphatic carbocycles. The summed E-state index contributed by atoms with van der Waals surface area (Å²) in [4.78, 5) is 19.4. The maximum atomic E-state index is 11.7.